The standard InChI is InChI=1S/C35H46FN3O8S2/c1-24-9-14-30(15-10-24)48(42,43)37-29-13-18-33-32(20-29)35(41)39(26(3)23-40)21-25(2)34(46-19-7-6-8-27(4)47-33)22-38(5)49(44,45)31-16-11-28(36)12-17-31/h9-18,20,25-27,34,37,40H,6-8,19,21-23H2,1-5H3/t25-,26-,27-,34+/m0/s1. The predicted octanol–water partition coefficient (Wildman–Crippen LogP) is 5.05. The molecule has 0 saturated carbocycles. The minimum Gasteiger partial charge on any atom is -0.490 e. The van der Waals surface area contributed by atoms with Crippen molar-refractivity contribution < 1.29 is 40.6 Å². The van der Waals surface area contributed by atoms with Gasteiger partial charge in [0.1, 0.15) is 11.6 Å². The summed E-state index contributed by atoms with van der Waals surface area (Å²) in [7, 11) is -6.53. The third kappa shape index (κ3) is 9.79. The number of fused-ring (bicyclic) bond motifs is 1. The van der Waals surface area contributed by atoms with Crippen molar-refractivity contribution >= 4 is 31.6 Å². The number of ether oxygens (including phenoxy) is 2. The van der Waals surface area contributed by atoms with E-state index >= 15 is 0 Å². The van der Waals surface area contributed by atoms with Crippen LogP contribution in [0.25, 0.3) is 0 Å². The lowest BCUT2D eigenvalue weighted by atomic mass is 10.0. The van der Waals surface area contributed by atoms with Gasteiger partial charge in [0.2, 0.25) is 10.0 Å². The molecule has 0 bridgehead atoms. The number of anilines is 1. The van der Waals surface area contributed by atoms with Crippen molar-refractivity contribution in [2.45, 2.75) is 75.0 Å². The Labute approximate surface area is 289 Å². The Morgan fingerprint density at radius 2 is 1.65 bits per heavy atom. The highest BCUT2D eigenvalue weighted by Crippen LogP contribution is 2.30. The molecule has 3 aromatic carbocycles. The van der Waals surface area contributed by atoms with Gasteiger partial charge in [0.05, 0.1) is 40.2 Å². The van der Waals surface area contributed by atoms with E-state index in [0.29, 0.717) is 19.4 Å². The van der Waals surface area contributed by atoms with Crippen LogP contribution in [-0.2, 0) is 24.8 Å². The Morgan fingerprint density at radius 3 is 2.31 bits per heavy atom. The van der Waals surface area contributed by atoms with E-state index in [1.165, 1.54) is 48.3 Å². The van der Waals surface area contributed by atoms with E-state index in [9.17, 15) is 31.1 Å². The second-order valence-electron chi connectivity index (χ2n) is 12.7. The van der Waals surface area contributed by atoms with Crippen LogP contribution >= 0.6 is 0 Å². The fraction of sp³-hybridized carbons (Fsp3) is 0.457. The molecule has 2 N–H and O–H groups in total. The van der Waals surface area contributed by atoms with Gasteiger partial charge in [-0.15, -0.1) is 0 Å². The number of benzene rings is 3. The van der Waals surface area contributed by atoms with E-state index in [2.05, 4.69) is 4.72 Å². The fourth-order valence-electron chi connectivity index (χ4n) is 5.52. The molecule has 1 heterocycles. The van der Waals surface area contributed by atoms with E-state index in [4.69, 9.17) is 9.47 Å². The lowest BCUT2D eigenvalue weighted by molar-refractivity contribution is -0.00834. The summed E-state index contributed by atoms with van der Waals surface area (Å²) in [5.41, 5.74) is 1.17. The predicted molar refractivity (Wildman–Crippen MR) is 185 cm³/mol. The average Bonchev–Trinajstić information content (AvgIpc) is 3.06. The molecule has 0 saturated heterocycles. The van der Waals surface area contributed by atoms with Crippen molar-refractivity contribution in [3.63, 3.8) is 0 Å². The third-order valence-electron chi connectivity index (χ3n) is 8.59. The molecule has 49 heavy (non-hydrogen) atoms. The van der Waals surface area contributed by atoms with Crippen molar-refractivity contribution in [1.29, 1.82) is 0 Å². The molecule has 1 aliphatic rings. The van der Waals surface area contributed by atoms with Gasteiger partial charge in [-0.05, 0) is 94.6 Å². The first-order chi connectivity index (χ1) is 23.1. The Hall–Kier alpha value is -3.56. The number of carbonyl (C=O) groups is 1. The lowest BCUT2D eigenvalue weighted by Gasteiger charge is -2.35. The first kappa shape index (κ1) is 38.2. The minimum absolute atomic E-state index is 0.0442. The number of amides is 1. The van der Waals surface area contributed by atoms with Crippen LogP contribution in [0.2, 0.25) is 0 Å². The summed E-state index contributed by atoms with van der Waals surface area (Å²) in [4.78, 5) is 15.8. The number of aliphatic hydroxyl groups excluding tert-OH is 1. The van der Waals surface area contributed by atoms with Crippen LogP contribution in [0, 0.1) is 18.7 Å². The van der Waals surface area contributed by atoms with Crippen molar-refractivity contribution in [2.24, 2.45) is 5.92 Å². The molecular formula is C35H46FN3O8S2. The minimum atomic E-state index is -3.98. The molecule has 1 aliphatic heterocycles. The molecule has 0 radical (unpaired) electrons. The van der Waals surface area contributed by atoms with E-state index in [0.717, 1.165) is 28.4 Å². The summed E-state index contributed by atoms with van der Waals surface area (Å²) in [6.07, 6.45) is 1.10. The fourth-order valence-corrected chi connectivity index (χ4v) is 7.75. The first-order valence-electron chi connectivity index (χ1n) is 16.3. The SMILES string of the molecule is Cc1ccc(S(=O)(=O)Nc2ccc3c(c2)C(=O)N([C@@H](C)CO)C[C@H](C)[C@@H](CN(C)S(=O)(=O)c2ccc(F)cc2)OCCCC[C@H](C)O3)cc1. The number of sulfonamides is 2. The molecule has 4 rings (SSSR count). The van der Waals surface area contributed by atoms with Crippen LogP contribution < -0.4 is 9.46 Å². The molecule has 268 valence electrons. The number of aliphatic hydroxyl groups is 1. The number of nitrogens with zero attached hydrogens (tertiary/aromatic N) is 2. The highest BCUT2D eigenvalue weighted by Gasteiger charge is 2.32. The van der Waals surface area contributed by atoms with Crippen molar-refractivity contribution in [2.75, 3.05) is 38.1 Å². The Kier molecular flexibility index (Phi) is 12.8. The van der Waals surface area contributed by atoms with Gasteiger partial charge < -0.3 is 19.5 Å². The zero-order valence-electron chi connectivity index (χ0n) is 28.5. The van der Waals surface area contributed by atoms with Gasteiger partial charge in [0.25, 0.3) is 15.9 Å². The second-order valence-corrected chi connectivity index (χ2v) is 16.4. The number of rotatable bonds is 9. The summed E-state index contributed by atoms with van der Waals surface area (Å²) in [6.45, 7) is 7.26. The maximum absolute atomic E-state index is 14.4. The zero-order chi connectivity index (χ0) is 35.9. The quantitative estimate of drug-likeness (QED) is 0.313. The van der Waals surface area contributed by atoms with Gasteiger partial charge in [-0.3, -0.25) is 9.52 Å². The van der Waals surface area contributed by atoms with Crippen molar-refractivity contribution in [3.05, 3.63) is 83.7 Å². The maximum Gasteiger partial charge on any atom is 0.261 e. The van der Waals surface area contributed by atoms with Crippen LogP contribution in [0.4, 0.5) is 10.1 Å². The molecule has 4 atom stereocenters. The smallest absolute Gasteiger partial charge is 0.261 e. The monoisotopic (exact) mass is 719 g/mol. The number of hydrogen-bond donors (Lipinski definition) is 2. The Bertz CT molecular complexity index is 1790. The van der Waals surface area contributed by atoms with Gasteiger partial charge in [-0.2, -0.15) is 4.31 Å². The van der Waals surface area contributed by atoms with Crippen LogP contribution in [-0.4, -0.2) is 88.7 Å². The Balaban J connectivity index is 1.67. The molecule has 11 nitrogen and oxygen atoms in total. The summed E-state index contributed by atoms with van der Waals surface area (Å²) in [5.74, 6) is -1.20. The molecule has 0 fully saturated rings. The summed E-state index contributed by atoms with van der Waals surface area (Å²) in [6, 6.07) is 14.8. The highest BCUT2D eigenvalue weighted by molar-refractivity contribution is 7.92. The lowest BCUT2D eigenvalue weighted by Crippen LogP contribution is -2.48. The van der Waals surface area contributed by atoms with Gasteiger partial charge in [-0.25, -0.2) is 21.2 Å². The van der Waals surface area contributed by atoms with E-state index < -0.39 is 49.8 Å². The third-order valence-corrected chi connectivity index (χ3v) is 11.8. The van der Waals surface area contributed by atoms with E-state index in [1.807, 2.05) is 20.8 Å². The summed E-state index contributed by atoms with van der Waals surface area (Å²) in [5, 5.41) is 10.2. The van der Waals surface area contributed by atoms with E-state index in [1.54, 1.807) is 25.1 Å². The maximum atomic E-state index is 14.4. The van der Waals surface area contributed by atoms with Gasteiger partial charge in [0, 0.05) is 38.3 Å². The van der Waals surface area contributed by atoms with Crippen molar-refractivity contribution in [3.8, 4) is 5.75 Å². The van der Waals surface area contributed by atoms with Gasteiger partial charge in [0.15, 0.2) is 0 Å². The number of hydrogen-bond acceptors (Lipinski definition) is 8. The summed E-state index contributed by atoms with van der Waals surface area (Å²) >= 11 is 0. The average molecular weight is 720 g/mol. The molecular weight excluding hydrogens is 674 g/mol. The molecule has 3 aromatic rings. The van der Waals surface area contributed by atoms with Crippen LogP contribution in [0.15, 0.2) is 76.5 Å². The first-order valence-corrected chi connectivity index (χ1v) is 19.2. The number of aryl methyl sites for hydroxylation is 1. The van der Waals surface area contributed by atoms with Crippen molar-refractivity contribution in [1.82, 2.24) is 9.21 Å². The highest BCUT2D eigenvalue weighted by atomic mass is 32.2. The van der Waals surface area contributed by atoms with Gasteiger partial charge >= 0.3 is 0 Å². The molecule has 1 amide bonds. The van der Waals surface area contributed by atoms with E-state index in [-0.39, 0.29) is 52.6 Å². The number of likely N-dealkylation sites (N-methyl/N-ethyl adjacent to an activating group) is 1. The molecule has 0 spiro atoms. The second kappa shape index (κ2) is 16.4. The molecule has 0 aromatic heterocycles. The topological polar surface area (TPSA) is 143 Å². The number of halogens is 1. The normalized spacial score (nSPS) is 20.6. The molecule has 0 unspecified atom stereocenters. The molecule has 14 heteroatoms. The van der Waals surface area contributed by atoms with Crippen LogP contribution in [0.3, 0.4) is 0 Å². The zero-order valence-corrected chi connectivity index (χ0v) is 30.1. The number of nitrogens with one attached hydrogen (secondary N) is 1. The summed E-state index contributed by atoms with van der Waals surface area (Å²) < 4.78 is 82.8. The van der Waals surface area contributed by atoms with Crippen LogP contribution in [0.1, 0.15) is 56.0 Å². The Morgan fingerprint density at radius 1 is 1.00 bits per heavy atom. The van der Waals surface area contributed by atoms with Gasteiger partial charge in [-0.1, -0.05) is 24.6 Å². The number of carbonyl (C=O) groups excluding carboxylic acids is 1. The largest absolute Gasteiger partial charge is 0.490 e. The molecule has 0 aliphatic carbocycles. The van der Waals surface area contributed by atoms with Crippen LogP contribution in [0.5, 0.6) is 5.75 Å².